The van der Waals surface area contributed by atoms with E-state index in [1.165, 1.54) is 11.1 Å². The highest BCUT2D eigenvalue weighted by molar-refractivity contribution is 7.86. The largest absolute Gasteiger partial charge is 0.383 e. The zero-order valence-corrected chi connectivity index (χ0v) is 15.1. The van der Waals surface area contributed by atoms with E-state index in [9.17, 15) is 13.2 Å². The highest BCUT2D eigenvalue weighted by Gasteiger charge is 2.54. The molecule has 0 heterocycles. The SMILES string of the molecule is C[C@]12CC[C@H]3c4ccc(OS(C)(=O)=O)cc4CC[C@@H]3[C@@H]1CCC2=O. The molecule has 0 N–H and O–H groups in total. The molecule has 4 rings (SSSR count). The molecule has 0 aliphatic heterocycles. The Labute approximate surface area is 143 Å². The van der Waals surface area contributed by atoms with Gasteiger partial charge >= 0.3 is 10.1 Å². The van der Waals surface area contributed by atoms with Crippen molar-refractivity contribution in [1.29, 1.82) is 0 Å². The molecule has 0 spiro atoms. The van der Waals surface area contributed by atoms with Gasteiger partial charge in [0.15, 0.2) is 0 Å². The van der Waals surface area contributed by atoms with E-state index in [1.807, 2.05) is 12.1 Å². The molecule has 1 aromatic rings. The molecule has 2 fully saturated rings. The summed E-state index contributed by atoms with van der Waals surface area (Å²) in [5.41, 5.74) is 2.46. The number of rotatable bonds is 2. The Morgan fingerprint density at radius 2 is 1.96 bits per heavy atom. The summed E-state index contributed by atoms with van der Waals surface area (Å²) < 4.78 is 27.7. The Kier molecular flexibility index (Phi) is 3.57. The summed E-state index contributed by atoms with van der Waals surface area (Å²) >= 11 is 0. The van der Waals surface area contributed by atoms with E-state index in [-0.39, 0.29) is 5.41 Å². The number of fused-ring (bicyclic) bond motifs is 5. The van der Waals surface area contributed by atoms with E-state index in [0.717, 1.165) is 44.8 Å². The summed E-state index contributed by atoms with van der Waals surface area (Å²) in [6.07, 6.45) is 6.94. The average molecular weight is 348 g/mol. The summed E-state index contributed by atoms with van der Waals surface area (Å²) in [6, 6.07) is 5.71. The Morgan fingerprint density at radius 3 is 2.71 bits per heavy atom. The van der Waals surface area contributed by atoms with E-state index >= 15 is 0 Å². The van der Waals surface area contributed by atoms with Crippen LogP contribution in [-0.2, 0) is 21.3 Å². The second-order valence-electron chi connectivity index (χ2n) is 7.98. The van der Waals surface area contributed by atoms with Crippen molar-refractivity contribution < 1.29 is 17.4 Å². The van der Waals surface area contributed by atoms with Crippen molar-refractivity contribution in [3.63, 3.8) is 0 Å². The van der Waals surface area contributed by atoms with Gasteiger partial charge in [-0.1, -0.05) is 13.0 Å². The molecule has 4 atom stereocenters. The maximum Gasteiger partial charge on any atom is 0.306 e. The molecule has 0 bridgehead atoms. The van der Waals surface area contributed by atoms with Gasteiger partial charge in [-0.25, -0.2) is 0 Å². The van der Waals surface area contributed by atoms with Gasteiger partial charge in [-0.15, -0.1) is 0 Å². The van der Waals surface area contributed by atoms with E-state index in [1.54, 1.807) is 6.07 Å². The van der Waals surface area contributed by atoms with Crippen LogP contribution in [0.3, 0.4) is 0 Å². The van der Waals surface area contributed by atoms with Crippen LogP contribution in [0.2, 0.25) is 0 Å². The van der Waals surface area contributed by atoms with Crippen molar-refractivity contribution in [3.05, 3.63) is 29.3 Å². The molecule has 3 aliphatic carbocycles. The van der Waals surface area contributed by atoms with E-state index in [4.69, 9.17) is 4.18 Å². The molecule has 0 radical (unpaired) electrons. The number of aryl methyl sites for hydroxylation is 1. The highest BCUT2D eigenvalue weighted by atomic mass is 32.2. The lowest BCUT2D eigenvalue weighted by molar-refractivity contribution is -0.129. The molecule has 2 saturated carbocycles. The fourth-order valence-electron chi connectivity index (χ4n) is 5.56. The van der Waals surface area contributed by atoms with Gasteiger partial charge in [-0.2, -0.15) is 8.42 Å². The van der Waals surface area contributed by atoms with Gasteiger partial charge in [0.1, 0.15) is 11.5 Å². The van der Waals surface area contributed by atoms with E-state index < -0.39 is 10.1 Å². The first kappa shape index (κ1) is 16.1. The van der Waals surface area contributed by atoms with Crippen molar-refractivity contribution in [1.82, 2.24) is 0 Å². The zero-order chi connectivity index (χ0) is 17.1. The molecular weight excluding hydrogens is 324 g/mol. The van der Waals surface area contributed by atoms with Crippen LogP contribution < -0.4 is 4.18 Å². The molecule has 4 nitrogen and oxygen atoms in total. The fourth-order valence-corrected chi connectivity index (χ4v) is 6.01. The van der Waals surface area contributed by atoms with E-state index in [0.29, 0.717) is 29.3 Å². The molecule has 0 saturated heterocycles. The smallest absolute Gasteiger partial charge is 0.306 e. The van der Waals surface area contributed by atoms with Crippen LogP contribution >= 0.6 is 0 Å². The van der Waals surface area contributed by atoms with Gasteiger partial charge in [0.2, 0.25) is 0 Å². The van der Waals surface area contributed by atoms with Gasteiger partial charge < -0.3 is 4.18 Å². The number of benzene rings is 1. The number of ketones is 1. The molecular formula is C19H24O4S. The van der Waals surface area contributed by atoms with Crippen LogP contribution in [-0.4, -0.2) is 20.5 Å². The maximum atomic E-state index is 12.4. The van der Waals surface area contributed by atoms with Crippen LogP contribution in [0.1, 0.15) is 56.1 Å². The van der Waals surface area contributed by atoms with Crippen LogP contribution in [0.5, 0.6) is 5.75 Å². The van der Waals surface area contributed by atoms with Crippen LogP contribution in [0.25, 0.3) is 0 Å². The molecule has 24 heavy (non-hydrogen) atoms. The normalized spacial score (nSPS) is 35.1. The quantitative estimate of drug-likeness (QED) is 0.768. The van der Waals surface area contributed by atoms with Gasteiger partial charge in [0.25, 0.3) is 0 Å². The lowest BCUT2D eigenvalue weighted by atomic mass is 9.55. The topological polar surface area (TPSA) is 60.4 Å². The van der Waals surface area contributed by atoms with E-state index in [2.05, 4.69) is 6.92 Å². The molecule has 1 aromatic carbocycles. The summed E-state index contributed by atoms with van der Waals surface area (Å²) in [4.78, 5) is 12.4. The minimum absolute atomic E-state index is 0.0992. The van der Waals surface area contributed by atoms with Gasteiger partial charge in [0, 0.05) is 11.8 Å². The molecule has 3 aliphatic rings. The fraction of sp³-hybridized carbons (Fsp3) is 0.632. The zero-order valence-electron chi connectivity index (χ0n) is 14.2. The number of Topliss-reactive ketones (excluding diaryl/α,β-unsaturated/α-hetero) is 1. The monoisotopic (exact) mass is 348 g/mol. The Hall–Kier alpha value is -1.36. The minimum atomic E-state index is -3.49. The van der Waals surface area contributed by atoms with Crippen molar-refractivity contribution in [2.75, 3.05) is 6.26 Å². The van der Waals surface area contributed by atoms with Crippen LogP contribution in [0.15, 0.2) is 18.2 Å². The molecule has 5 heteroatoms. The Balaban J connectivity index is 1.65. The first-order chi connectivity index (χ1) is 11.3. The van der Waals surface area contributed by atoms with Gasteiger partial charge in [-0.05, 0) is 73.1 Å². The minimum Gasteiger partial charge on any atom is -0.383 e. The van der Waals surface area contributed by atoms with Crippen molar-refractivity contribution in [2.45, 2.75) is 51.4 Å². The van der Waals surface area contributed by atoms with Gasteiger partial charge in [0.05, 0.1) is 6.26 Å². The number of carbonyl (C=O) groups is 1. The molecule has 0 unspecified atom stereocenters. The van der Waals surface area contributed by atoms with Gasteiger partial charge in [-0.3, -0.25) is 4.79 Å². The van der Waals surface area contributed by atoms with Crippen molar-refractivity contribution >= 4 is 15.9 Å². The lowest BCUT2D eigenvalue weighted by Crippen LogP contribution is -2.42. The molecule has 0 aromatic heterocycles. The lowest BCUT2D eigenvalue weighted by Gasteiger charge is -2.48. The number of hydrogen-bond donors (Lipinski definition) is 0. The highest BCUT2D eigenvalue weighted by Crippen LogP contribution is 2.59. The first-order valence-electron chi connectivity index (χ1n) is 8.83. The third-order valence-corrected chi connectivity index (χ3v) is 7.15. The molecule has 0 amide bonds. The second kappa shape index (κ2) is 5.32. The first-order valence-corrected chi connectivity index (χ1v) is 10.7. The average Bonchev–Trinajstić information content (AvgIpc) is 2.81. The van der Waals surface area contributed by atoms with Crippen LogP contribution in [0.4, 0.5) is 0 Å². The summed E-state index contributed by atoms with van der Waals surface area (Å²) in [5, 5.41) is 0. The maximum absolute atomic E-state index is 12.4. The number of hydrogen-bond acceptors (Lipinski definition) is 4. The second-order valence-corrected chi connectivity index (χ2v) is 9.56. The third kappa shape index (κ3) is 2.48. The summed E-state index contributed by atoms with van der Waals surface area (Å²) in [5.74, 6) is 2.48. The Bertz CT molecular complexity index is 798. The number of carbonyl (C=O) groups excluding carboxylic acids is 1. The predicted octanol–water partition coefficient (Wildman–Crippen LogP) is 3.45. The predicted molar refractivity (Wildman–Crippen MR) is 91.5 cm³/mol. The van der Waals surface area contributed by atoms with Crippen molar-refractivity contribution in [3.8, 4) is 5.75 Å². The third-order valence-electron chi connectivity index (χ3n) is 6.65. The van der Waals surface area contributed by atoms with Crippen molar-refractivity contribution in [2.24, 2.45) is 17.3 Å². The summed E-state index contributed by atoms with van der Waals surface area (Å²) in [7, 11) is -3.49. The van der Waals surface area contributed by atoms with Crippen LogP contribution in [0, 0.1) is 17.3 Å². The standard InChI is InChI=1S/C19H24O4S/c1-19-10-9-15-14-6-4-13(23-24(2,21)22)11-12(14)3-5-16(15)17(19)7-8-18(19)20/h4,6,11,15-17H,3,5,7-10H2,1-2H3/t15-,16-,17-,19-/m0/s1. The molecule has 130 valence electrons. The Morgan fingerprint density at radius 1 is 1.17 bits per heavy atom. The summed E-state index contributed by atoms with van der Waals surface area (Å²) in [6.45, 7) is 2.18.